The van der Waals surface area contributed by atoms with Gasteiger partial charge in [0.15, 0.2) is 0 Å². The molecule has 0 saturated heterocycles. The van der Waals surface area contributed by atoms with Crippen LogP contribution in [0.3, 0.4) is 0 Å². The van der Waals surface area contributed by atoms with Crippen molar-refractivity contribution in [2.24, 2.45) is 0 Å². The van der Waals surface area contributed by atoms with Gasteiger partial charge in [-0.2, -0.15) is 0 Å². The molecule has 0 aromatic heterocycles. The van der Waals surface area contributed by atoms with Crippen molar-refractivity contribution in [3.63, 3.8) is 0 Å². The highest BCUT2D eigenvalue weighted by molar-refractivity contribution is 14.1. The second-order valence-electron chi connectivity index (χ2n) is 3.01. The van der Waals surface area contributed by atoms with Crippen LogP contribution in [0.25, 0.3) is 0 Å². The van der Waals surface area contributed by atoms with Crippen molar-refractivity contribution in [3.8, 4) is 0 Å². The summed E-state index contributed by atoms with van der Waals surface area (Å²) in [6.07, 6.45) is 0. The van der Waals surface area contributed by atoms with Gasteiger partial charge in [0.2, 0.25) is 0 Å². The van der Waals surface area contributed by atoms with E-state index in [2.05, 4.69) is 62.6 Å². The smallest absolute Gasteiger partial charge is 0.0770 e. The molecule has 2 aromatic rings. The summed E-state index contributed by atoms with van der Waals surface area (Å²) in [4.78, 5) is 0. The van der Waals surface area contributed by atoms with Gasteiger partial charge in [-0.25, -0.2) is 5.32 Å². The Hall–Kier alpha value is -0.300. The van der Waals surface area contributed by atoms with E-state index < -0.39 is 0 Å². The number of benzene rings is 2. The van der Waals surface area contributed by atoms with Gasteiger partial charge in [-0.1, -0.05) is 24.3 Å². The number of hydrogen-bond acceptors (Lipinski definition) is 0. The van der Waals surface area contributed by atoms with Gasteiger partial charge in [-0.15, -0.1) is 0 Å². The van der Waals surface area contributed by atoms with Crippen LogP contribution in [-0.4, -0.2) is 0 Å². The maximum absolute atomic E-state index is 4.63. The summed E-state index contributed by atoms with van der Waals surface area (Å²) in [6, 6.07) is 16.3. The van der Waals surface area contributed by atoms with Crippen LogP contribution in [0.1, 0.15) is 0 Å². The third-order valence-corrected chi connectivity index (χ3v) is 3.77. The lowest BCUT2D eigenvalue weighted by molar-refractivity contribution is 1.17. The van der Waals surface area contributed by atoms with E-state index in [9.17, 15) is 0 Å². The van der Waals surface area contributed by atoms with Gasteiger partial charge in [0, 0.05) is 7.14 Å². The summed E-state index contributed by atoms with van der Waals surface area (Å²) >= 11 is 4.61. The number of para-hydroxylation sites is 2. The first kappa shape index (κ1) is 11.2. The van der Waals surface area contributed by atoms with Crippen molar-refractivity contribution in [1.82, 2.24) is 5.32 Å². The van der Waals surface area contributed by atoms with Crippen LogP contribution in [-0.2, 0) is 0 Å². The Morgan fingerprint density at radius 1 is 0.667 bits per heavy atom. The molecule has 0 aliphatic carbocycles. The van der Waals surface area contributed by atoms with E-state index in [1.165, 1.54) is 7.14 Å². The van der Waals surface area contributed by atoms with E-state index in [1.54, 1.807) is 0 Å². The summed E-state index contributed by atoms with van der Waals surface area (Å²) in [5, 5.41) is 4.63. The van der Waals surface area contributed by atoms with Gasteiger partial charge in [0.05, 0.1) is 11.4 Å². The molecule has 2 aromatic carbocycles. The third kappa shape index (κ3) is 2.84. The average molecular weight is 420 g/mol. The van der Waals surface area contributed by atoms with E-state index in [4.69, 9.17) is 0 Å². The molecule has 0 heterocycles. The normalized spacial score (nSPS) is 10.0. The van der Waals surface area contributed by atoms with E-state index in [1.807, 2.05) is 36.4 Å². The van der Waals surface area contributed by atoms with Gasteiger partial charge in [0.1, 0.15) is 0 Å². The second-order valence-corrected chi connectivity index (χ2v) is 5.34. The Kier molecular flexibility index (Phi) is 3.85. The second kappa shape index (κ2) is 5.16. The maximum Gasteiger partial charge on any atom is 0.0770 e. The quantitative estimate of drug-likeness (QED) is 0.638. The number of halogens is 2. The SMILES string of the molecule is Ic1ccccc1[N]c1ccccc1I. The first-order chi connectivity index (χ1) is 7.27. The van der Waals surface area contributed by atoms with Gasteiger partial charge in [-0.3, -0.25) is 0 Å². The Bertz CT molecular complexity index is 425. The van der Waals surface area contributed by atoms with Crippen molar-refractivity contribution < 1.29 is 0 Å². The lowest BCUT2D eigenvalue weighted by atomic mass is 10.3. The minimum absolute atomic E-state index is 1.03. The largest absolute Gasteiger partial charge is 0.247 e. The standard InChI is InChI=1S/C12H8I2N/c13-9-5-1-3-7-11(9)15-12-8-4-2-6-10(12)14/h1-8H. The highest BCUT2D eigenvalue weighted by atomic mass is 127. The first-order valence-corrected chi connectivity index (χ1v) is 6.64. The van der Waals surface area contributed by atoms with Crippen molar-refractivity contribution in [2.75, 3.05) is 0 Å². The summed E-state index contributed by atoms with van der Waals surface area (Å²) in [5.41, 5.74) is 2.06. The highest BCUT2D eigenvalue weighted by Crippen LogP contribution is 2.25. The lowest BCUT2D eigenvalue weighted by Gasteiger charge is -2.06. The molecule has 0 amide bonds. The van der Waals surface area contributed by atoms with Crippen molar-refractivity contribution in [3.05, 3.63) is 55.7 Å². The van der Waals surface area contributed by atoms with Crippen LogP contribution >= 0.6 is 45.2 Å². The van der Waals surface area contributed by atoms with Crippen LogP contribution in [0.15, 0.2) is 48.5 Å². The minimum Gasteiger partial charge on any atom is -0.247 e. The summed E-state index contributed by atoms with van der Waals surface area (Å²) in [6.45, 7) is 0. The van der Waals surface area contributed by atoms with Crippen LogP contribution in [0, 0.1) is 7.14 Å². The summed E-state index contributed by atoms with van der Waals surface area (Å²) in [5.74, 6) is 0. The van der Waals surface area contributed by atoms with Crippen molar-refractivity contribution in [2.45, 2.75) is 0 Å². The van der Waals surface area contributed by atoms with E-state index in [-0.39, 0.29) is 0 Å². The predicted octanol–water partition coefficient (Wildman–Crippen LogP) is 4.46. The van der Waals surface area contributed by atoms with E-state index >= 15 is 0 Å². The summed E-state index contributed by atoms with van der Waals surface area (Å²) in [7, 11) is 0. The lowest BCUT2D eigenvalue weighted by Crippen LogP contribution is -1.93. The molecule has 0 fully saturated rings. The van der Waals surface area contributed by atoms with E-state index in [0.717, 1.165) is 11.4 Å². The van der Waals surface area contributed by atoms with Crippen LogP contribution in [0.2, 0.25) is 0 Å². The van der Waals surface area contributed by atoms with Gasteiger partial charge < -0.3 is 0 Å². The van der Waals surface area contributed by atoms with Crippen LogP contribution < -0.4 is 5.32 Å². The Balaban J connectivity index is 2.30. The van der Waals surface area contributed by atoms with Crippen molar-refractivity contribution in [1.29, 1.82) is 0 Å². The number of rotatable bonds is 2. The van der Waals surface area contributed by atoms with Gasteiger partial charge in [0.25, 0.3) is 0 Å². The number of nitrogens with zero attached hydrogens (tertiary/aromatic N) is 1. The zero-order valence-electron chi connectivity index (χ0n) is 7.82. The molecule has 0 unspecified atom stereocenters. The molecule has 0 atom stereocenters. The zero-order chi connectivity index (χ0) is 10.7. The third-order valence-electron chi connectivity index (χ3n) is 1.95. The molecular formula is C12H8I2N. The monoisotopic (exact) mass is 420 g/mol. The molecule has 0 saturated carbocycles. The molecular weight excluding hydrogens is 412 g/mol. The zero-order valence-corrected chi connectivity index (χ0v) is 12.1. The molecule has 0 bridgehead atoms. The predicted molar refractivity (Wildman–Crippen MR) is 79.8 cm³/mol. The topological polar surface area (TPSA) is 14.1 Å². The Labute approximate surface area is 117 Å². The molecule has 3 heteroatoms. The molecule has 2 rings (SSSR count). The molecule has 0 N–H and O–H groups in total. The van der Waals surface area contributed by atoms with Gasteiger partial charge in [-0.05, 0) is 69.4 Å². The highest BCUT2D eigenvalue weighted by Gasteiger charge is 2.03. The Morgan fingerprint density at radius 2 is 1.07 bits per heavy atom. The Morgan fingerprint density at radius 3 is 1.47 bits per heavy atom. The first-order valence-electron chi connectivity index (χ1n) is 4.48. The van der Waals surface area contributed by atoms with Gasteiger partial charge >= 0.3 is 0 Å². The molecule has 1 radical (unpaired) electrons. The fraction of sp³-hybridized carbons (Fsp3) is 0. The van der Waals surface area contributed by atoms with Crippen LogP contribution in [0.4, 0.5) is 11.4 Å². The maximum atomic E-state index is 4.63. The summed E-state index contributed by atoms with van der Waals surface area (Å²) < 4.78 is 2.35. The fourth-order valence-corrected chi connectivity index (χ4v) is 2.23. The fourth-order valence-electron chi connectivity index (χ4n) is 1.21. The molecule has 0 aliphatic rings. The molecule has 0 spiro atoms. The minimum atomic E-state index is 1.03. The van der Waals surface area contributed by atoms with Crippen LogP contribution in [0.5, 0.6) is 0 Å². The number of hydrogen-bond donors (Lipinski definition) is 0. The van der Waals surface area contributed by atoms with E-state index in [0.29, 0.717) is 0 Å². The molecule has 15 heavy (non-hydrogen) atoms. The molecule has 1 nitrogen and oxygen atoms in total. The molecule has 75 valence electrons. The van der Waals surface area contributed by atoms with Crippen molar-refractivity contribution >= 4 is 56.6 Å². The molecule has 0 aliphatic heterocycles. The average Bonchev–Trinajstić information content (AvgIpc) is 2.24.